The zero-order valence-corrected chi connectivity index (χ0v) is 15.2. The number of benzene rings is 1. The second-order valence-corrected chi connectivity index (χ2v) is 6.33. The Labute approximate surface area is 147 Å². The second kappa shape index (κ2) is 13.8. The Hall–Kier alpha value is -0.610. The van der Waals surface area contributed by atoms with Crippen molar-refractivity contribution in [2.75, 3.05) is 13.2 Å². The molecule has 0 aliphatic rings. The minimum Gasteiger partial charge on any atom is -0.396 e. The molecule has 0 radical (unpaired) electrons. The van der Waals surface area contributed by atoms with Crippen LogP contribution < -0.4 is 5.73 Å². The first-order chi connectivity index (χ1) is 10.7. The molecule has 0 bridgehead atoms. The number of nitrogens with two attached hydrogens (primary N) is 1. The van der Waals surface area contributed by atoms with E-state index in [-0.39, 0.29) is 37.6 Å². The molecule has 0 aliphatic carbocycles. The van der Waals surface area contributed by atoms with Crippen molar-refractivity contribution in [1.82, 2.24) is 0 Å². The molecule has 0 fully saturated rings. The van der Waals surface area contributed by atoms with Crippen LogP contribution in [-0.2, 0) is 6.42 Å². The van der Waals surface area contributed by atoms with Crippen LogP contribution >= 0.6 is 12.4 Å². The molecule has 0 aromatic heterocycles. The zero-order valence-electron chi connectivity index (χ0n) is 14.4. The number of hydrogen-bond donors (Lipinski definition) is 3. The van der Waals surface area contributed by atoms with Crippen LogP contribution in [0.25, 0.3) is 0 Å². The summed E-state index contributed by atoms with van der Waals surface area (Å²) in [4.78, 5) is 0. The van der Waals surface area contributed by atoms with E-state index in [2.05, 4.69) is 31.2 Å². The van der Waals surface area contributed by atoms with Gasteiger partial charge in [-0.1, -0.05) is 63.3 Å². The zero-order chi connectivity index (χ0) is 16.2. The molecule has 1 unspecified atom stereocenters. The maximum absolute atomic E-state index is 9.12. The molecule has 1 aromatic carbocycles. The summed E-state index contributed by atoms with van der Waals surface area (Å²) in [6.45, 7) is 2.22. The SMILES string of the molecule is CCCCCCCCc1ccc(C(N)CC(CO)CO)cc1.Cl. The van der Waals surface area contributed by atoms with Crippen molar-refractivity contribution in [2.45, 2.75) is 64.3 Å². The highest BCUT2D eigenvalue weighted by molar-refractivity contribution is 5.85. The molecule has 0 aliphatic heterocycles. The molecule has 4 heteroatoms. The van der Waals surface area contributed by atoms with Crippen molar-refractivity contribution >= 4 is 12.4 Å². The van der Waals surface area contributed by atoms with Gasteiger partial charge in [0.05, 0.1) is 0 Å². The van der Waals surface area contributed by atoms with Crippen molar-refractivity contribution in [3.8, 4) is 0 Å². The fourth-order valence-electron chi connectivity index (χ4n) is 2.74. The third-order valence-corrected chi connectivity index (χ3v) is 4.33. The first-order valence-corrected chi connectivity index (χ1v) is 8.77. The van der Waals surface area contributed by atoms with Crippen LogP contribution in [-0.4, -0.2) is 23.4 Å². The standard InChI is InChI=1S/C19H33NO2.ClH/c1-2-3-4-5-6-7-8-16-9-11-18(12-10-16)19(20)13-17(14-21)15-22;/h9-12,17,19,21-22H,2-8,13-15,20H2,1H3;1H. The van der Waals surface area contributed by atoms with E-state index in [1.165, 1.54) is 44.1 Å². The van der Waals surface area contributed by atoms with Gasteiger partial charge in [0.15, 0.2) is 0 Å². The highest BCUT2D eigenvalue weighted by atomic mass is 35.5. The van der Waals surface area contributed by atoms with E-state index in [0.29, 0.717) is 6.42 Å². The minimum atomic E-state index is -0.127. The summed E-state index contributed by atoms with van der Waals surface area (Å²) in [5, 5.41) is 18.2. The lowest BCUT2D eigenvalue weighted by Crippen LogP contribution is -2.20. The van der Waals surface area contributed by atoms with Crippen molar-refractivity contribution in [3.05, 3.63) is 35.4 Å². The quantitative estimate of drug-likeness (QED) is 0.502. The molecule has 0 heterocycles. The summed E-state index contributed by atoms with van der Waals surface area (Å²) in [6.07, 6.45) is 9.69. The van der Waals surface area contributed by atoms with Crippen molar-refractivity contribution in [3.63, 3.8) is 0 Å². The van der Waals surface area contributed by atoms with E-state index < -0.39 is 0 Å². The van der Waals surface area contributed by atoms with Crippen LogP contribution in [0.3, 0.4) is 0 Å². The maximum atomic E-state index is 9.12. The smallest absolute Gasteiger partial charge is 0.0481 e. The Morgan fingerprint density at radius 2 is 1.48 bits per heavy atom. The Morgan fingerprint density at radius 3 is 2.04 bits per heavy atom. The van der Waals surface area contributed by atoms with Crippen LogP contribution in [0.4, 0.5) is 0 Å². The molecular formula is C19H34ClNO2. The molecule has 134 valence electrons. The maximum Gasteiger partial charge on any atom is 0.0481 e. The summed E-state index contributed by atoms with van der Waals surface area (Å²) in [6, 6.07) is 8.38. The Balaban J connectivity index is 0.00000484. The summed E-state index contributed by atoms with van der Waals surface area (Å²) in [7, 11) is 0. The highest BCUT2D eigenvalue weighted by Gasteiger charge is 2.13. The predicted molar refractivity (Wildman–Crippen MR) is 100.0 cm³/mol. The third-order valence-electron chi connectivity index (χ3n) is 4.33. The number of aryl methyl sites for hydroxylation is 1. The molecule has 0 saturated carbocycles. The molecule has 23 heavy (non-hydrogen) atoms. The van der Waals surface area contributed by atoms with Crippen LogP contribution in [0.15, 0.2) is 24.3 Å². The number of unbranched alkanes of at least 4 members (excludes halogenated alkanes) is 5. The fraction of sp³-hybridized carbons (Fsp3) is 0.684. The van der Waals surface area contributed by atoms with Gasteiger partial charge in [-0.2, -0.15) is 0 Å². The van der Waals surface area contributed by atoms with Gasteiger partial charge >= 0.3 is 0 Å². The molecule has 1 atom stereocenters. The molecule has 1 rings (SSSR count). The largest absolute Gasteiger partial charge is 0.396 e. The van der Waals surface area contributed by atoms with Crippen LogP contribution in [0.5, 0.6) is 0 Å². The molecule has 0 saturated heterocycles. The van der Waals surface area contributed by atoms with Crippen LogP contribution in [0.1, 0.15) is 69.0 Å². The molecule has 4 N–H and O–H groups in total. The van der Waals surface area contributed by atoms with E-state index >= 15 is 0 Å². The fourth-order valence-corrected chi connectivity index (χ4v) is 2.74. The summed E-state index contributed by atoms with van der Waals surface area (Å²) in [5.74, 6) is -0.127. The lowest BCUT2D eigenvalue weighted by atomic mass is 9.95. The van der Waals surface area contributed by atoms with Gasteiger partial charge in [0.2, 0.25) is 0 Å². The number of hydrogen-bond acceptors (Lipinski definition) is 3. The second-order valence-electron chi connectivity index (χ2n) is 6.33. The lowest BCUT2D eigenvalue weighted by Gasteiger charge is -2.17. The van der Waals surface area contributed by atoms with Gasteiger partial charge in [0.1, 0.15) is 0 Å². The summed E-state index contributed by atoms with van der Waals surface area (Å²) >= 11 is 0. The average Bonchev–Trinajstić information content (AvgIpc) is 2.56. The van der Waals surface area contributed by atoms with Gasteiger partial charge in [-0.05, 0) is 30.4 Å². The van der Waals surface area contributed by atoms with E-state index in [9.17, 15) is 0 Å². The van der Waals surface area contributed by atoms with Crippen molar-refractivity contribution in [2.24, 2.45) is 11.7 Å². The lowest BCUT2D eigenvalue weighted by molar-refractivity contribution is 0.138. The van der Waals surface area contributed by atoms with Gasteiger partial charge in [0, 0.05) is 25.2 Å². The van der Waals surface area contributed by atoms with Crippen molar-refractivity contribution in [1.29, 1.82) is 0 Å². The number of aliphatic hydroxyl groups excluding tert-OH is 2. The molecule has 3 nitrogen and oxygen atoms in total. The van der Waals surface area contributed by atoms with Gasteiger partial charge in [0.25, 0.3) is 0 Å². The highest BCUT2D eigenvalue weighted by Crippen LogP contribution is 2.20. The Kier molecular flexibility index (Phi) is 13.4. The van der Waals surface area contributed by atoms with Gasteiger partial charge in [-0.15, -0.1) is 12.4 Å². The van der Waals surface area contributed by atoms with E-state index in [4.69, 9.17) is 15.9 Å². The topological polar surface area (TPSA) is 66.5 Å². The molecular weight excluding hydrogens is 310 g/mol. The Morgan fingerprint density at radius 1 is 0.913 bits per heavy atom. The number of aliphatic hydroxyl groups is 2. The first kappa shape index (κ1) is 22.4. The van der Waals surface area contributed by atoms with Gasteiger partial charge < -0.3 is 15.9 Å². The predicted octanol–water partition coefficient (Wildman–Crippen LogP) is 4.00. The van der Waals surface area contributed by atoms with E-state index in [1.807, 2.05) is 0 Å². The normalized spacial score (nSPS) is 12.2. The van der Waals surface area contributed by atoms with Crippen LogP contribution in [0.2, 0.25) is 0 Å². The summed E-state index contributed by atoms with van der Waals surface area (Å²) < 4.78 is 0. The number of halogens is 1. The Bertz CT molecular complexity index is 379. The van der Waals surface area contributed by atoms with Crippen molar-refractivity contribution < 1.29 is 10.2 Å². The summed E-state index contributed by atoms with van der Waals surface area (Å²) in [5.41, 5.74) is 8.59. The van der Waals surface area contributed by atoms with E-state index in [1.54, 1.807) is 0 Å². The first-order valence-electron chi connectivity index (χ1n) is 8.77. The van der Waals surface area contributed by atoms with Crippen LogP contribution in [0, 0.1) is 5.92 Å². The average molecular weight is 344 g/mol. The number of rotatable bonds is 12. The molecule has 1 aromatic rings. The van der Waals surface area contributed by atoms with Gasteiger partial charge in [-0.25, -0.2) is 0 Å². The minimum absolute atomic E-state index is 0. The van der Waals surface area contributed by atoms with Gasteiger partial charge in [-0.3, -0.25) is 0 Å². The van der Waals surface area contributed by atoms with E-state index in [0.717, 1.165) is 12.0 Å². The molecule has 0 spiro atoms. The molecule has 0 amide bonds. The monoisotopic (exact) mass is 343 g/mol. The third kappa shape index (κ3) is 9.31.